The Balaban J connectivity index is 1.43. The molecule has 29 heavy (non-hydrogen) atoms. The van der Waals surface area contributed by atoms with Crippen molar-refractivity contribution < 1.29 is 4.79 Å². The van der Waals surface area contributed by atoms with Crippen LogP contribution in [0.1, 0.15) is 17.5 Å². The Hall–Kier alpha value is -3.32. The summed E-state index contributed by atoms with van der Waals surface area (Å²) in [7, 11) is 0. The van der Waals surface area contributed by atoms with Crippen LogP contribution in [0.2, 0.25) is 0 Å². The first-order valence-corrected chi connectivity index (χ1v) is 10.2. The second-order valence-corrected chi connectivity index (χ2v) is 7.74. The van der Waals surface area contributed by atoms with E-state index in [4.69, 9.17) is 0 Å². The zero-order valence-corrected chi connectivity index (χ0v) is 17.0. The van der Waals surface area contributed by atoms with E-state index in [1.54, 1.807) is 10.7 Å². The van der Waals surface area contributed by atoms with Gasteiger partial charge in [-0.1, -0.05) is 24.3 Å². The number of hydrogen-bond donors (Lipinski definition) is 1. The molecule has 0 fully saturated rings. The number of thiazole rings is 1. The number of anilines is 1. The van der Waals surface area contributed by atoms with Gasteiger partial charge in [0.15, 0.2) is 5.13 Å². The summed E-state index contributed by atoms with van der Waals surface area (Å²) < 4.78 is 1.68. The van der Waals surface area contributed by atoms with Crippen LogP contribution in [-0.2, 0) is 11.3 Å². The molecule has 146 valence electrons. The van der Waals surface area contributed by atoms with E-state index in [0.717, 1.165) is 16.8 Å². The lowest BCUT2D eigenvalue weighted by atomic mass is 10.1. The predicted molar refractivity (Wildman–Crippen MR) is 116 cm³/mol. The minimum absolute atomic E-state index is 0.122. The molecule has 1 amide bonds. The number of nitrogens with zero attached hydrogens (tertiary/aromatic N) is 3. The van der Waals surface area contributed by atoms with E-state index in [9.17, 15) is 9.59 Å². The van der Waals surface area contributed by atoms with Crippen molar-refractivity contribution in [2.24, 2.45) is 0 Å². The maximum absolute atomic E-state index is 12.4. The van der Waals surface area contributed by atoms with Gasteiger partial charge in [0, 0.05) is 22.8 Å². The van der Waals surface area contributed by atoms with Crippen LogP contribution in [0.25, 0.3) is 22.2 Å². The summed E-state index contributed by atoms with van der Waals surface area (Å²) in [6.07, 6.45) is 1.52. The number of nitrogens with one attached hydrogen (secondary N) is 1. The van der Waals surface area contributed by atoms with E-state index in [0.29, 0.717) is 17.1 Å². The number of aromatic nitrogens is 3. The molecule has 0 unspecified atom stereocenters. The lowest BCUT2D eigenvalue weighted by Crippen LogP contribution is -2.17. The van der Waals surface area contributed by atoms with Gasteiger partial charge in [-0.05, 0) is 43.2 Å². The summed E-state index contributed by atoms with van der Waals surface area (Å²) >= 11 is 1.40. The highest BCUT2D eigenvalue weighted by Gasteiger charge is 2.10. The summed E-state index contributed by atoms with van der Waals surface area (Å²) in [5, 5.41) is 10.1. The Morgan fingerprint density at radius 3 is 2.79 bits per heavy atom. The normalized spacial score (nSPS) is 11.0. The van der Waals surface area contributed by atoms with Crippen molar-refractivity contribution in [2.75, 3.05) is 5.32 Å². The fraction of sp³-hybridized carbons (Fsp3) is 0.182. The molecule has 0 saturated heterocycles. The fourth-order valence-corrected chi connectivity index (χ4v) is 3.83. The van der Waals surface area contributed by atoms with E-state index in [1.807, 2.05) is 29.6 Å². The van der Waals surface area contributed by atoms with Gasteiger partial charge in [0.05, 0.1) is 24.0 Å². The standard InChI is InChI=1S/C22H20N4O2S/c1-14-7-8-16(11-15(14)2)18-13-29-22(24-18)25-21(28)9-10-26-19-6-4-3-5-17(19)20(27)12-23-26/h3-8,11-13H,9-10H2,1-2H3,(H,24,25,28). The second-order valence-electron chi connectivity index (χ2n) is 6.88. The Morgan fingerprint density at radius 2 is 1.97 bits per heavy atom. The third kappa shape index (κ3) is 4.09. The highest BCUT2D eigenvalue weighted by Crippen LogP contribution is 2.26. The van der Waals surface area contributed by atoms with Crippen molar-refractivity contribution in [3.63, 3.8) is 0 Å². The summed E-state index contributed by atoms with van der Waals surface area (Å²) in [5.74, 6) is -0.143. The third-order valence-electron chi connectivity index (χ3n) is 4.87. The van der Waals surface area contributed by atoms with Gasteiger partial charge in [-0.15, -0.1) is 11.3 Å². The van der Waals surface area contributed by atoms with E-state index >= 15 is 0 Å². The van der Waals surface area contributed by atoms with Crippen LogP contribution >= 0.6 is 11.3 Å². The van der Waals surface area contributed by atoms with Gasteiger partial charge in [-0.3, -0.25) is 14.3 Å². The maximum atomic E-state index is 12.4. The fourth-order valence-electron chi connectivity index (χ4n) is 3.09. The van der Waals surface area contributed by atoms with E-state index in [2.05, 4.69) is 41.4 Å². The lowest BCUT2D eigenvalue weighted by Gasteiger charge is -2.08. The van der Waals surface area contributed by atoms with E-state index in [-0.39, 0.29) is 17.8 Å². The van der Waals surface area contributed by atoms with Crippen molar-refractivity contribution in [2.45, 2.75) is 26.8 Å². The number of benzene rings is 2. The van der Waals surface area contributed by atoms with Crippen LogP contribution in [0.4, 0.5) is 5.13 Å². The Bertz CT molecular complexity index is 1260. The molecule has 0 saturated carbocycles. The number of hydrogen-bond acceptors (Lipinski definition) is 5. The average molecular weight is 404 g/mol. The summed E-state index contributed by atoms with van der Waals surface area (Å²) in [4.78, 5) is 28.8. The lowest BCUT2D eigenvalue weighted by molar-refractivity contribution is -0.116. The molecule has 4 rings (SSSR count). The first kappa shape index (κ1) is 19.0. The molecule has 0 aliphatic heterocycles. The first-order valence-electron chi connectivity index (χ1n) is 9.29. The highest BCUT2D eigenvalue weighted by molar-refractivity contribution is 7.14. The van der Waals surface area contributed by atoms with E-state index < -0.39 is 0 Å². The van der Waals surface area contributed by atoms with Crippen LogP contribution in [0.5, 0.6) is 0 Å². The molecule has 0 atom stereocenters. The number of aryl methyl sites for hydroxylation is 3. The van der Waals surface area contributed by atoms with Crippen molar-refractivity contribution in [3.8, 4) is 11.3 Å². The minimum Gasteiger partial charge on any atom is -0.302 e. The molecule has 0 aliphatic carbocycles. The zero-order chi connectivity index (χ0) is 20.4. The molecule has 0 spiro atoms. The molecular weight excluding hydrogens is 384 g/mol. The number of rotatable bonds is 5. The predicted octanol–water partition coefficient (Wildman–Crippen LogP) is 4.17. The van der Waals surface area contributed by atoms with Gasteiger partial charge in [0.25, 0.3) is 0 Å². The van der Waals surface area contributed by atoms with E-state index in [1.165, 1.54) is 28.7 Å². The van der Waals surface area contributed by atoms with Crippen molar-refractivity contribution in [1.29, 1.82) is 0 Å². The SMILES string of the molecule is Cc1ccc(-c2csc(NC(=O)CCn3ncc(=O)c4ccccc43)n2)cc1C. The summed E-state index contributed by atoms with van der Waals surface area (Å²) in [6, 6.07) is 13.5. The van der Waals surface area contributed by atoms with Gasteiger partial charge in [0.2, 0.25) is 11.3 Å². The maximum Gasteiger partial charge on any atom is 0.228 e. The third-order valence-corrected chi connectivity index (χ3v) is 5.62. The second kappa shape index (κ2) is 7.97. The number of amides is 1. The molecule has 0 bridgehead atoms. The van der Waals surface area contributed by atoms with Gasteiger partial charge in [-0.25, -0.2) is 4.98 Å². The quantitative estimate of drug-likeness (QED) is 0.542. The van der Waals surface area contributed by atoms with Crippen LogP contribution in [0, 0.1) is 13.8 Å². The van der Waals surface area contributed by atoms with Crippen LogP contribution < -0.4 is 10.7 Å². The van der Waals surface area contributed by atoms with Gasteiger partial charge in [-0.2, -0.15) is 5.10 Å². The summed E-state index contributed by atoms with van der Waals surface area (Å²) in [6.45, 7) is 4.52. The van der Waals surface area contributed by atoms with Gasteiger partial charge < -0.3 is 5.32 Å². The largest absolute Gasteiger partial charge is 0.302 e. The molecule has 0 radical (unpaired) electrons. The summed E-state index contributed by atoms with van der Waals surface area (Å²) in [5.41, 5.74) is 4.93. The number of carbonyl (C=O) groups is 1. The van der Waals surface area contributed by atoms with Crippen molar-refractivity contribution >= 4 is 33.3 Å². The molecule has 2 heterocycles. The molecule has 2 aromatic carbocycles. The molecule has 1 N–H and O–H groups in total. The Kier molecular flexibility index (Phi) is 5.22. The number of para-hydroxylation sites is 1. The average Bonchev–Trinajstić information content (AvgIpc) is 3.18. The van der Waals surface area contributed by atoms with Crippen LogP contribution in [0.15, 0.2) is 58.8 Å². The molecule has 0 aliphatic rings. The molecule has 2 aromatic heterocycles. The number of fused-ring (bicyclic) bond motifs is 1. The molecule has 4 aromatic rings. The Morgan fingerprint density at radius 1 is 1.14 bits per heavy atom. The monoisotopic (exact) mass is 404 g/mol. The van der Waals surface area contributed by atoms with Crippen molar-refractivity contribution in [3.05, 3.63) is 75.4 Å². The van der Waals surface area contributed by atoms with Crippen LogP contribution in [-0.4, -0.2) is 20.7 Å². The zero-order valence-electron chi connectivity index (χ0n) is 16.2. The smallest absolute Gasteiger partial charge is 0.228 e. The van der Waals surface area contributed by atoms with Gasteiger partial charge >= 0.3 is 0 Å². The number of carbonyl (C=O) groups excluding carboxylic acids is 1. The minimum atomic E-state index is -0.143. The molecule has 6 nitrogen and oxygen atoms in total. The first-order chi connectivity index (χ1) is 14.0. The highest BCUT2D eigenvalue weighted by atomic mass is 32.1. The van der Waals surface area contributed by atoms with Crippen LogP contribution in [0.3, 0.4) is 0 Å². The van der Waals surface area contributed by atoms with Gasteiger partial charge in [0.1, 0.15) is 0 Å². The Labute approximate surface area is 171 Å². The topological polar surface area (TPSA) is 76.9 Å². The molecular formula is C22H20N4O2S. The van der Waals surface area contributed by atoms with Crippen molar-refractivity contribution in [1.82, 2.24) is 14.8 Å². The molecule has 7 heteroatoms.